The largest absolute Gasteiger partial charge is 0.351 e. The molecule has 3 rings (SSSR count). The average molecular weight is 380 g/mol. The first kappa shape index (κ1) is 19.6. The van der Waals surface area contributed by atoms with Crippen LogP contribution in [0.1, 0.15) is 15.9 Å². The van der Waals surface area contributed by atoms with E-state index in [9.17, 15) is 9.59 Å². The normalized spacial score (nSPS) is 11.2. The fraction of sp³-hybridized carbons (Fsp3) is 0.350. The Hall–Kier alpha value is -3.15. The van der Waals surface area contributed by atoms with Gasteiger partial charge in [-0.05, 0) is 46.4 Å². The first-order valence-corrected chi connectivity index (χ1v) is 8.97. The molecule has 0 aliphatic rings. The predicted octanol–water partition coefficient (Wildman–Crippen LogP) is 0.380. The van der Waals surface area contributed by atoms with E-state index in [2.05, 4.69) is 27.4 Å². The first-order valence-electron chi connectivity index (χ1n) is 8.97. The minimum Gasteiger partial charge on any atom is -0.351 e. The Balaban J connectivity index is 2.08. The zero-order valence-electron chi connectivity index (χ0n) is 16.5. The summed E-state index contributed by atoms with van der Waals surface area (Å²) in [5, 5.41) is 10.1. The minimum absolute atomic E-state index is 0.198. The van der Waals surface area contributed by atoms with Crippen molar-refractivity contribution in [2.75, 3.05) is 47.8 Å². The van der Waals surface area contributed by atoms with Gasteiger partial charge in [0.1, 0.15) is 0 Å². The molecular formula is C20H24N6O2. The zero-order valence-corrected chi connectivity index (χ0v) is 16.5. The molecule has 0 radical (unpaired) electrons. The van der Waals surface area contributed by atoms with Gasteiger partial charge in [0.15, 0.2) is 5.65 Å². The van der Waals surface area contributed by atoms with E-state index in [-0.39, 0.29) is 11.6 Å². The van der Waals surface area contributed by atoms with Crippen LogP contribution < -0.4 is 11.0 Å². The van der Waals surface area contributed by atoms with Crippen LogP contribution in [-0.2, 0) is 0 Å². The zero-order chi connectivity index (χ0) is 20.3. The standard InChI is InChI=1S/C20H24N6O2/c1-24(2)10-5-6-14-7-8-15-16(19(27)21-9-11-25(3)4)13-18-22-23-20(28)26(18)17(15)12-14/h7-8,12-13H,9-11H2,1-4H3,(H,21,27)(H,23,28). The summed E-state index contributed by atoms with van der Waals surface area (Å²) in [6.07, 6.45) is 0. The number of hydrogen-bond donors (Lipinski definition) is 2. The molecule has 0 saturated carbocycles. The molecule has 0 aliphatic carbocycles. The second kappa shape index (κ2) is 8.25. The van der Waals surface area contributed by atoms with E-state index in [1.807, 2.05) is 56.2 Å². The Bertz CT molecular complexity index is 1130. The van der Waals surface area contributed by atoms with Crippen LogP contribution in [0.15, 0.2) is 29.1 Å². The molecule has 0 saturated heterocycles. The summed E-state index contributed by atoms with van der Waals surface area (Å²) in [5.41, 5.74) is 1.90. The van der Waals surface area contributed by atoms with E-state index in [0.29, 0.717) is 35.2 Å². The van der Waals surface area contributed by atoms with Gasteiger partial charge in [0.25, 0.3) is 5.91 Å². The second-order valence-electron chi connectivity index (χ2n) is 7.11. The summed E-state index contributed by atoms with van der Waals surface area (Å²) in [6, 6.07) is 7.13. The Morgan fingerprint density at radius 1 is 1.21 bits per heavy atom. The lowest BCUT2D eigenvalue weighted by molar-refractivity contribution is 0.0952. The number of aromatic amines is 1. The summed E-state index contributed by atoms with van der Waals surface area (Å²) >= 11 is 0. The number of carbonyl (C=O) groups excluding carboxylic acids is 1. The molecule has 3 aromatic rings. The van der Waals surface area contributed by atoms with Crippen molar-refractivity contribution in [1.82, 2.24) is 29.7 Å². The summed E-state index contributed by atoms with van der Waals surface area (Å²) < 4.78 is 1.46. The highest BCUT2D eigenvalue weighted by Gasteiger charge is 2.15. The lowest BCUT2D eigenvalue weighted by Crippen LogP contribution is -2.31. The topological polar surface area (TPSA) is 85.7 Å². The fourth-order valence-corrected chi connectivity index (χ4v) is 2.84. The van der Waals surface area contributed by atoms with Gasteiger partial charge in [-0.1, -0.05) is 17.9 Å². The molecule has 28 heavy (non-hydrogen) atoms. The van der Waals surface area contributed by atoms with Crippen LogP contribution in [0.25, 0.3) is 16.6 Å². The van der Waals surface area contributed by atoms with E-state index in [1.54, 1.807) is 6.07 Å². The Labute approximate surface area is 163 Å². The van der Waals surface area contributed by atoms with Crippen molar-refractivity contribution >= 4 is 22.5 Å². The third kappa shape index (κ3) is 4.22. The molecule has 8 heteroatoms. The highest BCUT2D eigenvalue weighted by atomic mass is 16.2. The van der Waals surface area contributed by atoms with Crippen LogP contribution in [0, 0.1) is 11.8 Å². The molecule has 0 fully saturated rings. The molecule has 1 amide bonds. The molecule has 1 aromatic carbocycles. The number of hydrogen-bond acceptors (Lipinski definition) is 5. The maximum absolute atomic E-state index is 12.7. The molecule has 0 aliphatic heterocycles. The van der Waals surface area contributed by atoms with Gasteiger partial charge in [-0.3, -0.25) is 9.69 Å². The van der Waals surface area contributed by atoms with E-state index < -0.39 is 0 Å². The van der Waals surface area contributed by atoms with Crippen LogP contribution in [0.5, 0.6) is 0 Å². The van der Waals surface area contributed by atoms with Gasteiger partial charge in [-0.15, -0.1) is 0 Å². The van der Waals surface area contributed by atoms with E-state index >= 15 is 0 Å². The van der Waals surface area contributed by atoms with Gasteiger partial charge < -0.3 is 10.2 Å². The van der Waals surface area contributed by atoms with Crippen LogP contribution in [-0.4, -0.2) is 78.1 Å². The van der Waals surface area contributed by atoms with Gasteiger partial charge in [-0.2, -0.15) is 5.10 Å². The Morgan fingerprint density at radius 3 is 2.71 bits per heavy atom. The third-order valence-corrected chi connectivity index (χ3v) is 4.22. The minimum atomic E-state index is -0.349. The van der Waals surface area contributed by atoms with Crippen molar-refractivity contribution < 1.29 is 4.79 Å². The quantitative estimate of drug-likeness (QED) is 0.625. The number of H-pyrrole nitrogens is 1. The average Bonchev–Trinajstić information content (AvgIpc) is 3.01. The second-order valence-corrected chi connectivity index (χ2v) is 7.11. The highest BCUT2D eigenvalue weighted by Crippen LogP contribution is 2.21. The van der Waals surface area contributed by atoms with Gasteiger partial charge in [0, 0.05) is 24.0 Å². The van der Waals surface area contributed by atoms with Crippen LogP contribution in [0.3, 0.4) is 0 Å². The number of pyridine rings is 1. The number of nitrogens with one attached hydrogen (secondary N) is 2. The van der Waals surface area contributed by atoms with Crippen LogP contribution in [0.2, 0.25) is 0 Å². The number of carbonyl (C=O) groups is 1. The number of aromatic nitrogens is 3. The predicted molar refractivity (Wildman–Crippen MR) is 110 cm³/mol. The molecule has 2 N–H and O–H groups in total. The number of amides is 1. The number of likely N-dealkylation sites (N-methyl/N-ethyl adjacent to an activating group) is 1. The lowest BCUT2D eigenvalue weighted by atomic mass is 10.1. The monoisotopic (exact) mass is 380 g/mol. The number of nitrogens with zero attached hydrogens (tertiary/aromatic N) is 4. The Morgan fingerprint density at radius 2 is 2.00 bits per heavy atom. The SMILES string of the molecule is CN(C)CC#Cc1ccc2c(C(=O)NCCN(C)C)cc3n[nH]c(=O)n3c2c1. The molecule has 2 aromatic heterocycles. The first-order chi connectivity index (χ1) is 13.4. The maximum Gasteiger partial charge on any atom is 0.348 e. The molecular weight excluding hydrogens is 356 g/mol. The summed E-state index contributed by atoms with van der Waals surface area (Å²) in [4.78, 5) is 28.9. The smallest absolute Gasteiger partial charge is 0.348 e. The summed E-state index contributed by atoms with van der Waals surface area (Å²) in [6.45, 7) is 1.90. The molecule has 2 heterocycles. The van der Waals surface area contributed by atoms with Crippen molar-refractivity contribution in [3.05, 3.63) is 45.9 Å². The van der Waals surface area contributed by atoms with Crippen molar-refractivity contribution in [3.63, 3.8) is 0 Å². The van der Waals surface area contributed by atoms with Crippen LogP contribution in [0.4, 0.5) is 0 Å². The van der Waals surface area contributed by atoms with Crippen molar-refractivity contribution in [1.29, 1.82) is 0 Å². The summed E-state index contributed by atoms with van der Waals surface area (Å²) in [5.74, 6) is 5.98. The number of fused-ring (bicyclic) bond motifs is 3. The van der Waals surface area contributed by atoms with Crippen molar-refractivity contribution in [2.24, 2.45) is 0 Å². The Kier molecular flexibility index (Phi) is 5.78. The highest BCUT2D eigenvalue weighted by molar-refractivity contribution is 6.07. The maximum atomic E-state index is 12.7. The van der Waals surface area contributed by atoms with Crippen LogP contribution >= 0.6 is 0 Å². The number of rotatable bonds is 5. The molecule has 0 unspecified atom stereocenters. The van der Waals surface area contributed by atoms with E-state index in [1.165, 1.54) is 4.40 Å². The van der Waals surface area contributed by atoms with Gasteiger partial charge in [0.05, 0.1) is 17.6 Å². The van der Waals surface area contributed by atoms with Gasteiger partial charge >= 0.3 is 5.69 Å². The molecule has 0 bridgehead atoms. The summed E-state index contributed by atoms with van der Waals surface area (Å²) in [7, 11) is 7.79. The third-order valence-electron chi connectivity index (χ3n) is 4.22. The van der Waals surface area contributed by atoms with Gasteiger partial charge in [-0.25, -0.2) is 14.3 Å². The van der Waals surface area contributed by atoms with E-state index in [4.69, 9.17) is 0 Å². The number of benzene rings is 1. The van der Waals surface area contributed by atoms with Crippen molar-refractivity contribution in [3.8, 4) is 11.8 Å². The lowest BCUT2D eigenvalue weighted by Gasteiger charge is -2.12. The van der Waals surface area contributed by atoms with E-state index in [0.717, 1.165) is 12.1 Å². The fourth-order valence-electron chi connectivity index (χ4n) is 2.84. The molecule has 146 valence electrons. The van der Waals surface area contributed by atoms with Gasteiger partial charge in [0.2, 0.25) is 0 Å². The molecule has 0 atom stereocenters. The molecule has 8 nitrogen and oxygen atoms in total. The van der Waals surface area contributed by atoms with Crippen molar-refractivity contribution in [2.45, 2.75) is 0 Å². The molecule has 0 spiro atoms.